The van der Waals surface area contributed by atoms with Crippen molar-refractivity contribution < 1.29 is 9.53 Å². The molecule has 0 bridgehead atoms. The van der Waals surface area contributed by atoms with Gasteiger partial charge < -0.3 is 10.5 Å². The summed E-state index contributed by atoms with van der Waals surface area (Å²) in [6.07, 6.45) is 0. The molecule has 2 rings (SSSR count). The second-order valence-corrected chi connectivity index (χ2v) is 5.44. The van der Waals surface area contributed by atoms with E-state index in [9.17, 15) is 4.79 Å². The maximum absolute atomic E-state index is 11.5. The highest BCUT2D eigenvalue weighted by molar-refractivity contribution is 7.12. The lowest BCUT2D eigenvalue weighted by Gasteiger charge is -2.03. The van der Waals surface area contributed by atoms with Gasteiger partial charge in [-0.2, -0.15) is 0 Å². The van der Waals surface area contributed by atoms with E-state index in [2.05, 4.69) is 13.8 Å². The van der Waals surface area contributed by atoms with E-state index in [1.165, 1.54) is 18.4 Å². The van der Waals surface area contributed by atoms with E-state index < -0.39 is 0 Å². The van der Waals surface area contributed by atoms with Gasteiger partial charge in [0.2, 0.25) is 0 Å². The van der Waals surface area contributed by atoms with Crippen molar-refractivity contribution in [2.45, 2.75) is 25.8 Å². The Kier molecular flexibility index (Phi) is 2.35. The third-order valence-corrected chi connectivity index (χ3v) is 4.22. The minimum atomic E-state index is -0.255. The summed E-state index contributed by atoms with van der Waals surface area (Å²) in [6, 6.07) is 2.13. The minimum Gasteiger partial charge on any atom is -0.465 e. The van der Waals surface area contributed by atoms with Gasteiger partial charge in [-0.15, -0.1) is 11.3 Å². The standard InChI is InChI=1S/C11H15NO2S/c1-11(2)7(9(11)12)6-4-5-15-8(6)10(13)14-3/h4-5,7,9H,12H2,1-3H3/t7-,9-/m0/s1. The Morgan fingerprint density at radius 3 is 2.67 bits per heavy atom. The molecular weight excluding hydrogens is 210 g/mol. The SMILES string of the molecule is COC(=O)c1sccc1[C@H]1[C@H](N)C1(C)C. The number of thiophene rings is 1. The molecule has 1 aromatic heterocycles. The molecule has 1 saturated carbocycles. The van der Waals surface area contributed by atoms with Crippen molar-refractivity contribution in [1.29, 1.82) is 0 Å². The molecule has 0 aromatic carbocycles. The van der Waals surface area contributed by atoms with Gasteiger partial charge in [0.05, 0.1) is 7.11 Å². The fourth-order valence-corrected chi connectivity index (χ4v) is 2.96. The lowest BCUT2D eigenvalue weighted by molar-refractivity contribution is 0.0605. The van der Waals surface area contributed by atoms with E-state index in [0.717, 1.165) is 5.56 Å². The van der Waals surface area contributed by atoms with Crippen molar-refractivity contribution in [3.05, 3.63) is 21.9 Å². The molecule has 0 spiro atoms. The quantitative estimate of drug-likeness (QED) is 0.783. The molecule has 0 aliphatic heterocycles. The molecule has 1 heterocycles. The number of hydrogen-bond acceptors (Lipinski definition) is 4. The first-order chi connectivity index (χ1) is 7.00. The summed E-state index contributed by atoms with van der Waals surface area (Å²) in [5, 5.41) is 1.92. The fourth-order valence-electron chi connectivity index (χ4n) is 2.09. The topological polar surface area (TPSA) is 52.3 Å². The maximum Gasteiger partial charge on any atom is 0.348 e. The number of esters is 1. The molecule has 0 radical (unpaired) electrons. The highest BCUT2D eigenvalue weighted by Gasteiger charge is 2.57. The molecule has 1 fully saturated rings. The highest BCUT2D eigenvalue weighted by Crippen LogP contribution is 2.58. The van der Waals surface area contributed by atoms with E-state index >= 15 is 0 Å². The third-order valence-electron chi connectivity index (χ3n) is 3.31. The Hall–Kier alpha value is -0.870. The zero-order valence-electron chi connectivity index (χ0n) is 9.11. The van der Waals surface area contributed by atoms with E-state index in [0.29, 0.717) is 4.88 Å². The third kappa shape index (κ3) is 1.48. The smallest absolute Gasteiger partial charge is 0.348 e. The zero-order valence-corrected chi connectivity index (χ0v) is 9.93. The number of carbonyl (C=O) groups is 1. The molecule has 0 amide bonds. The van der Waals surface area contributed by atoms with Gasteiger partial charge in [0.1, 0.15) is 4.88 Å². The molecule has 3 nitrogen and oxygen atoms in total. The maximum atomic E-state index is 11.5. The first-order valence-electron chi connectivity index (χ1n) is 4.91. The normalized spacial score (nSPS) is 27.5. The summed E-state index contributed by atoms with van der Waals surface area (Å²) in [6.45, 7) is 4.25. The molecule has 0 saturated heterocycles. The number of methoxy groups -OCH3 is 1. The van der Waals surface area contributed by atoms with E-state index in [1.807, 2.05) is 11.4 Å². The average molecular weight is 225 g/mol. The number of nitrogens with two attached hydrogens (primary N) is 1. The number of ether oxygens (including phenoxy) is 1. The molecule has 0 unspecified atom stereocenters. The van der Waals surface area contributed by atoms with Gasteiger partial charge in [-0.3, -0.25) is 0 Å². The van der Waals surface area contributed by atoms with Gasteiger partial charge in [-0.05, 0) is 22.4 Å². The molecule has 4 heteroatoms. The average Bonchev–Trinajstić information content (AvgIpc) is 2.57. The Morgan fingerprint density at radius 2 is 2.20 bits per heavy atom. The zero-order chi connectivity index (χ0) is 11.2. The largest absolute Gasteiger partial charge is 0.465 e. The van der Waals surface area contributed by atoms with Crippen LogP contribution in [0.3, 0.4) is 0 Å². The van der Waals surface area contributed by atoms with E-state index in [1.54, 1.807) is 0 Å². The first kappa shape index (κ1) is 10.6. The van der Waals surface area contributed by atoms with Gasteiger partial charge >= 0.3 is 5.97 Å². The van der Waals surface area contributed by atoms with Crippen molar-refractivity contribution in [3.63, 3.8) is 0 Å². The molecule has 82 valence electrons. The van der Waals surface area contributed by atoms with Crippen LogP contribution in [0.25, 0.3) is 0 Å². The second kappa shape index (κ2) is 3.32. The van der Waals surface area contributed by atoms with E-state index in [4.69, 9.17) is 10.5 Å². The summed E-state index contributed by atoms with van der Waals surface area (Å²) < 4.78 is 4.75. The number of carbonyl (C=O) groups excluding carboxylic acids is 1. The van der Waals surface area contributed by atoms with Crippen LogP contribution in [0.2, 0.25) is 0 Å². The monoisotopic (exact) mass is 225 g/mol. The van der Waals surface area contributed by atoms with Gasteiger partial charge in [0, 0.05) is 12.0 Å². The summed E-state index contributed by atoms with van der Waals surface area (Å²) in [7, 11) is 1.41. The summed E-state index contributed by atoms with van der Waals surface area (Å²) in [5.74, 6) is 0.0350. The second-order valence-electron chi connectivity index (χ2n) is 4.52. The lowest BCUT2D eigenvalue weighted by atomic mass is 10.0. The predicted molar refractivity (Wildman–Crippen MR) is 60.2 cm³/mol. The lowest BCUT2D eigenvalue weighted by Crippen LogP contribution is -2.07. The van der Waals surface area contributed by atoms with Crippen LogP contribution in [0.5, 0.6) is 0 Å². The summed E-state index contributed by atoms with van der Waals surface area (Å²) >= 11 is 1.42. The molecular formula is C11H15NO2S. The molecule has 1 aromatic rings. The van der Waals surface area contributed by atoms with E-state index in [-0.39, 0.29) is 23.3 Å². The number of hydrogen-bond donors (Lipinski definition) is 1. The summed E-state index contributed by atoms with van der Waals surface area (Å²) in [5.41, 5.74) is 7.15. The van der Waals surface area contributed by atoms with Crippen LogP contribution in [-0.4, -0.2) is 19.1 Å². The Balaban J connectivity index is 2.32. The molecule has 2 atom stereocenters. The van der Waals surface area contributed by atoms with Crippen LogP contribution in [0.4, 0.5) is 0 Å². The summed E-state index contributed by atoms with van der Waals surface area (Å²) in [4.78, 5) is 12.2. The van der Waals surface area contributed by atoms with Crippen LogP contribution in [0, 0.1) is 5.41 Å². The van der Waals surface area contributed by atoms with Gasteiger partial charge in [-0.25, -0.2) is 4.79 Å². The van der Waals surface area contributed by atoms with Crippen LogP contribution in [0.15, 0.2) is 11.4 Å². The Bertz CT molecular complexity index is 397. The van der Waals surface area contributed by atoms with Crippen molar-refractivity contribution in [3.8, 4) is 0 Å². The van der Waals surface area contributed by atoms with Crippen LogP contribution >= 0.6 is 11.3 Å². The minimum absolute atomic E-state index is 0.101. The molecule has 1 aliphatic rings. The Labute approximate surface area is 93.2 Å². The van der Waals surface area contributed by atoms with Crippen molar-refractivity contribution >= 4 is 17.3 Å². The van der Waals surface area contributed by atoms with Crippen molar-refractivity contribution in [2.24, 2.45) is 11.1 Å². The van der Waals surface area contributed by atoms with Crippen molar-refractivity contribution in [1.82, 2.24) is 0 Å². The molecule has 15 heavy (non-hydrogen) atoms. The number of rotatable bonds is 2. The molecule has 1 aliphatic carbocycles. The van der Waals surface area contributed by atoms with Crippen molar-refractivity contribution in [2.75, 3.05) is 7.11 Å². The predicted octanol–water partition coefficient (Wildman–Crippen LogP) is 1.99. The van der Waals surface area contributed by atoms with Crippen LogP contribution in [-0.2, 0) is 4.74 Å². The van der Waals surface area contributed by atoms with Crippen LogP contribution in [0.1, 0.15) is 35.0 Å². The van der Waals surface area contributed by atoms with Crippen LogP contribution < -0.4 is 5.73 Å². The fraction of sp³-hybridized carbons (Fsp3) is 0.545. The highest BCUT2D eigenvalue weighted by atomic mass is 32.1. The van der Waals surface area contributed by atoms with Gasteiger partial charge in [0.25, 0.3) is 0 Å². The molecule has 2 N–H and O–H groups in total. The van der Waals surface area contributed by atoms with Gasteiger partial charge in [-0.1, -0.05) is 13.8 Å². The van der Waals surface area contributed by atoms with Gasteiger partial charge in [0.15, 0.2) is 0 Å². The Morgan fingerprint density at radius 1 is 1.60 bits per heavy atom. The first-order valence-corrected chi connectivity index (χ1v) is 5.79.